The zero-order valence-electron chi connectivity index (χ0n) is 10.8. The predicted molar refractivity (Wildman–Crippen MR) is 70.3 cm³/mol. The van der Waals surface area contributed by atoms with Crippen LogP contribution in [0.25, 0.3) is 0 Å². The maximum atomic E-state index is 11.5. The molecule has 0 amide bonds. The van der Waals surface area contributed by atoms with Crippen LogP contribution < -0.4 is 0 Å². The fraction of sp³-hybridized carbons (Fsp3) is 0.769. The Hall–Kier alpha value is -0.840. The Morgan fingerprint density at radius 2 is 2.00 bits per heavy atom. The topological polar surface area (TPSA) is 52.0 Å². The summed E-state index contributed by atoms with van der Waals surface area (Å²) in [7, 11) is -2.77. The first kappa shape index (κ1) is 12.2. The molecule has 0 aromatic carbocycles. The zero-order valence-corrected chi connectivity index (χ0v) is 11.6. The molecule has 5 heteroatoms. The second kappa shape index (κ2) is 4.37. The van der Waals surface area contributed by atoms with E-state index in [0.29, 0.717) is 17.4 Å². The van der Waals surface area contributed by atoms with Crippen molar-refractivity contribution < 1.29 is 8.42 Å². The van der Waals surface area contributed by atoms with Gasteiger partial charge in [0.15, 0.2) is 0 Å². The van der Waals surface area contributed by atoms with Crippen LogP contribution >= 0.6 is 0 Å². The molecule has 1 aromatic heterocycles. The van der Waals surface area contributed by atoms with Gasteiger partial charge >= 0.3 is 0 Å². The number of aromatic nitrogens is 2. The summed E-state index contributed by atoms with van der Waals surface area (Å²) in [5.74, 6) is 2.88. The normalized spacial score (nSPS) is 27.9. The molecule has 3 heterocycles. The molecule has 100 valence electrons. The highest BCUT2D eigenvalue weighted by Gasteiger charge is 2.29. The van der Waals surface area contributed by atoms with Gasteiger partial charge in [-0.25, -0.2) is 13.4 Å². The number of nitrogens with zero attached hydrogens (tertiary/aromatic N) is 2. The van der Waals surface area contributed by atoms with Gasteiger partial charge in [-0.1, -0.05) is 6.92 Å². The summed E-state index contributed by atoms with van der Waals surface area (Å²) in [6.45, 7) is 3.33. The van der Waals surface area contributed by atoms with E-state index >= 15 is 0 Å². The van der Waals surface area contributed by atoms with Crippen LogP contribution in [0.2, 0.25) is 0 Å². The van der Waals surface area contributed by atoms with Crippen molar-refractivity contribution in [2.45, 2.75) is 45.1 Å². The SMILES string of the molecule is CC1CCn2c(cnc2C2CCS(=O)(=O)CC2)C1. The summed E-state index contributed by atoms with van der Waals surface area (Å²) < 4.78 is 25.3. The monoisotopic (exact) mass is 268 g/mol. The average Bonchev–Trinajstić information content (AvgIpc) is 2.72. The molecule has 1 atom stereocenters. The summed E-state index contributed by atoms with van der Waals surface area (Å²) in [5, 5.41) is 0. The van der Waals surface area contributed by atoms with Crippen molar-refractivity contribution in [1.82, 2.24) is 9.55 Å². The molecule has 0 spiro atoms. The third kappa shape index (κ3) is 2.20. The summed E-state index contributed by atoms with van der Waals surface area (Å²) in [4.78, 5) is 4.57. The Morgan fingerprint density at radius 3 is 2.72 bits per heavy atom. The van der Waals surface area contributed by atoms with Gasteiger partial charge in [-0.2, -0.15) is 0 Å². The lowest BCUT2D eigenvalue weighted by molar-refractivity contribution is 0.397. The van der Waals surface area contributed by atoms with Crippen molar-refractivity contribution in [2.24, 2.45) is 5.92 Å². The van der Waals surface area contributed by atoms with E-state index < -0.39 is 9.84 Å². The van der Waals surface area contributed by atoms with Gasteiger partial charge in [-0.3, -0.25) is 0 Å². The summed E-state index contributed by atoms with van der Waals surface area (Å²) >= 11 is 0. The van der Waals surface area contributed by atoms with Gasteiger partial charge in [-0.15, -0.1) is 0 Å². The van der Waals surface area contributed by atoms with Gasteiger partial charge < -0.3 is 4.57 Å². The molecule has 1 saturated heterocycles. The molecule has 18 heavy (non-hydrogen) atoms. The number of sulfone groups is 1. The molecule has 2 aliphatic rings. The van der Waals surface area contributed by atoms with Crippen molar-refractivity contribution in [3.05, 3.63) is 17.7 Å². The molecule has 1 fully saturated rings. The molecule has 0 radical (unpaired) electrons. The molecule has 0 saturated carbocycles. The molecule has 3 rings (SSSR count). The second-order valence-electron chi connectivity index (χ2n) is 5.78. The van der Waals surface area contributed by atoms with Gasteiger partial charge in [0.2, 0.25) is 0 Å². The Kier molecular flexibility index (Phi) is 2.96. The minimum Gasteiger partial charge on any atom is -0.332 e. The van der Waals surface area contributed by atoms with Gasteiger partial charge in [0.25, 0.3) is 0 Å². The van der Waals surface area contributed by atoms with Crippen LogP contribution in [0, 0.1) is 5.92 Å². The predicted octanol–water partition coefficient (Wildman–Crippen LogP) is 1.76. The Labute approximate surface area is 108 Å². The van der Waals surface area contributed by atoms with Crippen LogP contribution in [-0.4, -0.2) is 29.5 Å². The number of rotatable bonds is 1. The number of fused-ring (bicyclic) bond motifs is 1. The van der Waals surface area contributed by atoms with Crippen molar-refractivity contribution in [1.29, 1.82) is 0 Å². The smallest absolute Gasteiger partial charge is 0.150 e. The molecule has 2 aliphatic heterocycles. The first-order valence-corrected chi connectivity index (χ1v) is 8.62. The van der Waals surface area contributed by atoms with E-state index in [-0.39, 0.29) is 0 Å². The Bertz CT molecular complexity index is 533. The molecule has 1 unspecified atom stereocenters. The largest absolute Gasteiger partial charge is 0.332 e. The summed E-state index contributed by atoms with van der Waals surface area (Å²) in [6.07, 6.45) is 5.80. The summed E-state index contributed by atoms with van der Waals surface area (Å²) in [6, 6.07) is 0. The van der Waals surface area contributed by atoms with Crippen LogP contribution in [0.5, 0.6) is 0 Å². The maximum Gasteiger partial charge on any atom is 0.150 e. The molecule has 4 nitrogen and oxygen atoms in total. The standard InChI is InChI=1S/C13H20N2O2S/c1-10-2-5-15-12(8-10)9-14-13(15)11-3-6-18(16,17)7-4-11/h9-11H,2-8H2,1H3. The van der Waals surface area contributed by atoms with Gasteiger partial charge in [0.1, 0.15) is 15.7 Å². The molecule has 1 aromatic rings. The van der Waals surface area contributed by atoms with E-state index in [0.717, 1.165) is 37.5 Å². The maximum absolute atomic E-state index is 11.5. The van der Waals surface area contributed by atoms with Gasteiger partial charge in [-0.05, 0) is 31.6 Å². The molecular formula is C13H20N2O2S. The summed E-state index contributed by atoms with van der Waals surface area (Å²) in [5.41, 5.74) is 1.33. The van der Waals surface area contributed by atoms with Crippen molar-refractivity contribution >= 4 is 9.84 Å². The molecule has 0 bridgehead atoms. The minimum atomic E-state index is -2.77. The molecule has 0 N–H and O–H groups in total. The van der Waals surface area contributed by atoms with E-state index in [1.807, 2.05) is 6.20 Å². The second-order valence-corrected chi connectivity index (χ2v) is 8.09. The van der Waals surface area contributed by atoms with Gasteiger partial charge in [0.05, 0.1) is 11.5 Å². The fourth-order valence-corrected chi connectivity index (χ4v) is 4.62. The van der Waals surface area contributed by atoms with Gasteiger partial charge in [0, 0.05) is 24.4 Å². The first-order chi connectivity index (χ1) is 8.55. The van der Waals surface area contributed by atoms with Crippen LogP contribution in [0.15, 0.2) is 6.20 Å². The Morgan fingerprint density at radius 1 is 1.28 bits per heavy atom. The number of hydrogen-bond donors (Lipinski definition) is 0. The highest BCUT2D eigenvalue weighted by Crippen LogP contribution is 2.31. The van der Waals surface area contributed by atoms with E-state index in [9.17, 15) is 8.42 Å². The number of hydrogen-bond acceptors (Lipinski definition) is 3. The van der Waals surface area contributed by atoms with Crippen LogP contribution in [0.4, 0.5) is 0 Å². The average molecular weight is 268 g/mol. The lowest BCUT2D eigenvalue weighted by atomic mass is 9.97. The molecule has 0 aliphatic carbocycles. The van der Waals surface area contributed by atoms with E-state index in [4.69, 9.17) is 0 Å². The Balaban J connectivity index is 1.82. The number of imidazole rings is 1. The lowest BCUT2D eigenvalue weighted by Gasteiger charge is -2.26. The third-order valence-electron chi connectivity index (χ3n) is 4.29. The molecular weight excluding hydrogens is 248 g/mol. The van der Waals surface area contributed by atoms with Crippen molar-refractivity contribution in [3.63, 3.8) is 0 Å². The van der Waals surface area contributed by atoms with Crippen molar-refractivity contribution in [3.8, 4) is 0 Å². The van der Waals surface area contributed by atoms with Crippen LogP contribution in [0.3, 0.4) is 0 Å². The van der Waals surface area contributed by atoms with E-state index in [2.05, 4.69) is 16.5 Å². The highest BCUT2D eigenvalue weighted by atomic mass is 32.2. The van der Waals surface area contributed by atoms with Crippen molar-refractivity contribution in [2.75, 3.05) is 11.5 Å². The highest BCUT2D eigenvalue weighted by molar-refractivity contribution is 7.91. The first-order valence-electron chi connectivity index (χ1n) is 6.80. The quantitative estimate of drug-likeness (QED) is 0.780. The third-order valence-corrected chi connectivity index (χ3v) is 6.01. The lowest BCUT2D eigenvalue weighted by Crippen LogP contribution is -2.26. The van der Waals surface area contributed by atoms with E-state index in [1.165, 1.54) is 12.1 Å². The minimum absolute atomic E-state index is 0.330. The van der Waals surface area contributed by atoms with E-state index in [1.54, 1.807) is 0 Å². The zero-order chi connectivity index (χ0) is 12.8. The van der Waals surface area contributed by atoms with Crippen LogP contribution in [-0.2, 0) is 22.8 Å². The van der Waals surface area contributed by atoms with Crippen LogP contribution in [0.1, 0.15) is 43.6 Å². The fourth-order valence-electron chi connectivity index (χ4n) is 3.13.